The predicted octanol–water partition coefficient (Wildman–Crippen LogP) is 4.35. The first-order valence-corrected chi connectivity index (χ1v) is 8.14. The van der Waals surface area contributed by atoms with Gasteiger partial charge in [-0.3, -0.25) is 0 Å². The number of allylic oxidation sites excluding steroid dienone is 3. The van der Waals surface area contributed by atoms with Gasteiger partial charge in [-0.15, -0.1) is 4.05 Å². The van der Waals surface area contributed by atoms with E-state index < -0.39 is 0 Å². The van der Waals surface area contributed by atoms with E-state index in [1.807, 2.05) is 12.2 Å². The van der Waals surface area contributed by atoms with E-state index in [2.05, 4.69) is 19.6 Å². The minimum atomic E-state index is -0.341. The van der Waals surface area contributed by atoms with Crippen molar-refractivity contribution in [1.29, 1.82) is 0 Å². The Bertz CT molecular complexity index is 143. The summed E-state index contributed by atoms with van der Waals surface area (Å²) in [6, 6.07) is 0. The molecule has 0 aromatic carbocycles. The fraction of sp³-hybridized carbons (Fsp3) is 0.636. The van der Waals surface area contributed by atoms with E-state index in [0.717, 1.165) is 10.5 Å². The molecule has 0 aromatic heterocycles. The Hall–Kier alpha value is 0.536. The summed E-state index contributed by atoms with van der Waals surface area (Å²) in [6.07, 6.45) is 12.5. The monoisotopic (exact) mass is 210 g/mol. The Morgan fingerprint density at radius 3 is 2.77 bits per heavy atom. The Morgan fingerprint density at radius 1 is 1.46 bits per heavy atom. The number of halogens is 1. The van der Waals surface area contributed by atoms with Crippen LogP contribution in [0.3, 0.4) is 0 Å². The van der Waals surface area contributed by atoms with Crippen molar-refractivity contribution in [3.63, 3.8) is 0 Å². The summed E-state index contributed by atoms with van der Waals surface area (Å²) in [7, 11) is 6.00. The first-order chi connectivity index (χ1) is 6.35. The molecule has 0 saturated carbocycles. The van der Waals surface area contributed by atoms with Crippen molar-refractivity contribution >= 4 is 28.3 Å². The van der Waals surface area contributed by atoms with E-state index in [-0.39, 0.29) is 19.3 Å². The fourth-order valence-corrected chi connectivity index (χ4v) is 2.91. The van der Waals surface area contributed by atoms with Gasteiger partial charge in [0.1, 0.15) is 0 Å². The van der Waals surface area contributed by atoms with E-state index >= 15 is 0 Å². The van der Waals surface area contributed by atoms with Gasteiger partial charge < -0.3 is 9.07 Å². The van der Waals surface area contributed by atoms with Crippen LogP contribution in [0.25, 0.3) is 0 Å². The first kappa shape index (κ1) is 13.5. The number of hydrogen-bond acceptors (Lipinski definition) is 0. The van der Waals surface area contributed by atoms with Crippen LogP contribution in [0, 0.1) is 0 Å². The zero-order valence-electron chi connectivity index (χ0n) is 8.64. The molecule has 0 aliphatic heterocycles. The van der Waals surface area contributed by atoms with Gasteiger partial charge in [0.05, 0.1) is 0 Å². The lowest BCUT2D eigenvalue weighted by Crippen LogP contribution is -1.96. The second kappa shape index (κ2) is 10.6. The lowest BCUT2D eigenvalue weighted by Gasteiger charge is -2.09. The van der Waals surface area contributed by atoms with Crippen LogP contribution in [-0.2, 0) is 0 Å². The molecule has 0 radical (unpaired) electrons. The highest BCUT2D eigenvalue weighted by atomic mass is 35.5. The van der Waals surface area contributed by atoms with Crippen molar-refractivity contribution in [3.8, 4) is 0 Å². The highest BCUT2D eigenvalue weighted by molar-refractivity contribution is 6.94. The molecule has 0 aromatic rings. The summed E-state index contributed by atoms with van der Waals surface area (Å²) < 4.78 is 0.796. The summed E-state index contributed by atoms with van der Waals surface area (Å²) in [6.45, 7) is 5.89. The number of rotatable bonds is 8. The smallest absolute Gasteiger partial charge is 0.346 e. The van der Waals surface area contributed by atoms with Crippen LogP contribution in [0.1, 0.15) is 39.0 Å². The minimum Gasteiger partial charge on any atom is -0.346 e. The zero-order chi connectivity index (χ0) is 9.94. The minimum absolute atomic E-state index is 0.341. The van der Waals surface area contributed by atoms with Crippen LogP contribution in [0.2, 0.25) is 4.05 Å². The molecule has 72 valence electrons. The van der Waals surface area contributed by atoms with Crippen LogP contribution in [0.5, 0.6) is 0 Å². The Balaban J connectivity index is 3.50. The SMILES string of the molecule is C=CC=CC[CH](CCCCC)[Mg][Cl]. The van der Waals surface area contributed by atoms with Crippen molar-refractivity contribution in [2.45, 2.75) is 43.1 Å². The van der Waals surface area contributed by atoms with Gasteiger partial charge in [-0.05, 0) is 0 Å². The molecular weight excluding hydrogens is 192 g/mol. The first-order valence-electron chi connectivity index (χ1n) is 5.18. The van der Waals surface area contributed by atoms with E-state index in [0.29, 0.717) is 0 Å². The summed E-state index contributed by atoms with van der Waals surface area (Å²) in [5, 5.41) is 0. The predicted molar refractivity (Wildman–Crippen MR) is 63.5 cm³/mol. The molecular formula is C11H19ClMg. The molecule has 1 atom stereocenters. The standard InChI is InChI=1S/C11H19.ClH.Mg/c1-3-5-7-9-11-10-8-6-4-2;;/h3,5,7,11H,1,4,6,8-10H2,2H3;1H;/q;;+1/p-1. The quantitative estimate of drug-likeness (QED) is 0.318. The molecule has 0 amide bonds. The van der Waals surface area contributed by atoms with Crippen LogP contribution >= 0.6 is 9.07 Å². The van der Waals surface area contributed by atoms with Crippen molar-refractivity contribution in [2.24, 2.45) is 0 Å². The van der Waals surface area contributed by atoms with E-state index in [1.54, 1.807) is 0 Å². The van der Waals surface area contributed by atoms with E-state index in [9.17, 15) is 0 Å². The van der Waals surface area contributed by atoms with Crippen molar-refractivity contribution in [2.75, 3.05) is 0 Å². The molecule has 0 spiro atoms. The van der Waals surface area contributed by atoms with Crippen LogP contribution in [0.15, 0.2) is 24.8 Å². The van der Waals surface area contributed by atoms with Crippen LogP contribution in [0.4, 0.5) is 0 Å². The summed E-state index contributed by atoms with van der Waals surface area (Å²) in [5.74, 6) is 0. The maximum absolute atomic E-state index is 6.00. The lowest BCUT2D eigenvalue weighted by atomic mass is 10.1. The van der Waals surface area contributed by atoms with Crippen molar-refractivity contribution in [1.82, 2.24) is 0 Å². The molecule has 1 unspecified atom stereocenters. The van der Waals surface area contributed by atoms with Crippen LogP contribution in [-0.4, -0.2) is 19.3 Å². The average Bonchev–Trinajstić information content (AvgIpc) is 2.16. The van der Waals surface area contributed by atoms with E-state index in [1.165, 1.54) is 25.7 Å². The Kier molecular flexibility index (Phi) is 11.1. The van der Waals surface area contributed by atoms with Crippen molar-refractivity contribution < 1.29 is 0 Å². The fourth-order valence-electron chi connectivity index (χ4n) is 1.31. The molecule has 13 heavy (non-hydrogen) atoms. The third-order valence-electron chi connectivity index (χ3n) is 2.18. The molecule has 0 saturated heterocycles. The van der Waals surface area contributed by atoms with Gasteiger partial charge in [0.25, 0.3) is 0 Å². The second-order valence-corrected chi connectivity index (χ2v) is 5.80. The molecule has 0 nitrogen and oxygen atoms in total. The zero-order valence-corrected chi connectivity index (χ0v) is 10.8. The topological polar surface area (TPSA) is 0 Å². The van der Waals surface area contributed by atoms with Gasteiger partial charge in [-0.2, -0.15) is 0 Å². The normalized spacial score (nSPS) is 12.8. The highest BCUT2D eigenvalue weighted by Crippen LogP contribution is 2.20. The van der Waals surface area contributed by atoms with Crippen molar-refractivity contribution in [3.05, 3.63) is 24.8 Å². The molecule has 0 bridgehead atoms. The molecule has 0 rings (SSSR count). The third-order valence-corrected chi connectivity index (χ3v) is 4.66. The van der Waals surface area contributed by atoms with E-state index in [4.69, 9.17) is 9.07 Å². The van der Waals surface area contributed by atoms with Gasteiger partial charge in [0, 0.05) is 0 Å². The maximum atomic E-state index is 6.00. The molecule has 0 fully saturated rings. The lowest BCUT2D eigenvalue weighted by molar-refractivity contribution is 0.635. The summed E-state index contributed by atoms with van der Waals surface area (Å²) in [5.41, 5.74) is 0. The maximum Gasteiger partial charge on any atom is 0.504 e. The van der Waals surface area contributed by atoms with Gasteiger partial charge in [0.2, 0.25) is 0 Å². The highest BCUT2D eigenvalue weighted by Gasteiger charge is 2.08. The Labute approximate surface area is 95.9 Å². The molecule has 2 heteroatoms. The molecule has 0 aliphatic rings. The third kappa shape index (κ3) is 8.86. The van der Waals surface area contributed by atoms with Gasteiger partial charge in [-0.1, -0.05) is 63.8 Å². The number of unbranched alkanes of at least 4 members (excludes halogenated alkanes) is 2. The molecule has 0 N–H and O–H groups in total. The summed E-state index contributed by atoms with van der Waals surface area (Å²) >= 11 is -0.341. The van der Waals surface area contributed by atoms with Crippen LogP contribution < -0.4 is 0 Å². The molecule has 0 heterocycles. The average molecular weight is 211 g/mol. The largest absolute Gasteiger partial charge is 0.504 e. The number of hydrogen-bond donors (Lipinski definition) is 0. The van der Waals surface area contributed by atoms with Gasteiger partial charge in [0.15, 0.2) is 0 Å². The second-order valence-electron chi connectivity index (χ2n) is 3.42. The van der Waals surface area contributed by atoms with Gasteiger partial charge >= 0.3 is 19.3 Å². The molecule has 0 aliphatic carbocycles. The summed E-state index contributed by atoms with van der Waals surface area (Å²) in [4.78, 5) is 0. The Morgan fingerprint density at radius 2 is 2.23 bits per heavy atom. The van der Waals surface area contributed by atoms with Gasteiger partial charge in [-0.25, -0.2) is 0 Å².